The van der Waals surface area contributed by atoms with Gasteiger partial charge in [-0.2, -0.15) is 0 Å². The minimum absolute atomic E-state index is 0.789. The second kappa shape index (κ2) is 9.29. The standard InChI is InChI=1S/C14H19BrO14/c1-6(17)23-12(22)11(21)10(5-16)25-14(15,29-27-9(4)20)13(12,24-7(2)18)28-26-8(3)19/h10-11,16,21-22H,5H2,1-4H3/t10-,11-,12-,13-,14+/m1/s1. The van der Waals surface area contributed by atoms with Crippen LogP contribution in [-0.2, 0) is 52.9 Å². The highest BCUT2D eigenvalue weighted by Crippen LogP contribution is 2.52. The summed E-state index contributed by atoms with van der Waals surface area (Å²) in [6, 6.07) is 0. The zero-order valence-electron chi connectivity index (χ0n) is 15.6. The molecule has 1 aliphatic rings. The smallest absolute Gasteiger partial charge is 0.391 e. The van der Waals surface area contributed by atoms with Gasteiger partial charge >= 0.3 is 40.1 Å². The zero-order valence-corrected chi connectivity index (χ0v) is 17.2. The fourth-order valence-corrected chi connectivity index (χ4v) is 2.99. The quantitative estimate of drug-likeness (QED) is 0.120. The first-order chi connectivity index (χ1) is 13.2. The van der Waals surface area contributed by atoms with Gasteiger partial charge in [-0.3, -0.25) is 19.4 Å². The molecule has 5 atom stereocenters. The summed E-state index contributed by atoms with van der Waals surface area (Å²) in [4.78, 5) is 63.9. The van der Waals surface area contributed by atoms with Crippen LogP contribution in [0.2, 0.25) is 0 Å². The first-order valence-electron chi connectivity index (χ1n) is 7.74. The van der Waals surface area contributed by atoms with Crippen molar-refractivity contribution in [3.63, 3.8) is 0 Å². The van der Waals surface area contributed by atoms with Gasteiger partial charge in [0.05, 0.1) is 6.61 Å². The van der Waals surface area contributed by atoms with Crippen molar-refractivity contribution in [2.24, 2.45) is 0 Å². The number of ether oxygens (including phenoxy) is 3. The van der Waals surface area contributed by atoms with Crippen LogP contribution < -0.4 is 0 Å². The third-order valence-electron chi connectivity index (χ3n) is 3.23. The molecular formula is C14H19BrO14. The van der Waals surface area contributed by atoms with Crippen molar-refractivity contribution in [2.75, 3.05) is 6.61 Å². The van der Waals surface area contributed by atoms with E-state index in [1.807, 2.05) is 0 Å². The number of carbonyl (C=O) groups is 4. The van der Waals surface area contributed by atoms with Gasteiger partial charge in [0.1, 0.15) is 6.10 Å². The molecule has 166 valence electrons. The SMILES string of the molecule is CC(=O)OO[C@@]1(Br)O[C@H](CO)[C@@H](O)[C@@](O)(OC(C)=O)[C@]1(OOC(C)=O)OC(C)=O. The lowest BCUT2D eigenvalue weighted by Gasteiger charge is -2.54. The summed E-state index contributed by atoms with van der Waals surface area (Å²) in [5.41, 5.74) is 0. The predicted molar refractivity (Wildman–Crippen MR) is 86.5 cm³/mol. The average molecular weight is 491 g/mol. The molecule has 1 heterocycles. The largest absolute Gasteiger partial charge is 0.423 e. The zero-order chi connectivity index (χ0) is 22.6. The molecule has 1 rings (SSSR count). The van der Waals surface area contributed by atoms with E-state index in [1.165, 1.54) is 0 Å². The van der Waals surface area contributed by atoms with Crippen molar-refractivity contribution in [1.29, 1.82) is 0 Å². The lowest BCUT2D eigenvalue weighted by molar-refractivity contribution is -0.573. The maximum Gasteiger partial charge on any atom is 0.391 e. The highest BCUT2D eigenvalue weighted by atomic mass is 79.9. The number of halogens is 1. The summed E-state index contributed by atoms with van der Waals surface area (Å²) >= 11 is 2.71. The van der Waals surface area contributed by atoms with Crippen LogP contribution in [0.3, 0.4) is 0 Å². The summed E-state index contributed by atoms with van der Waals surface area (Å²) in [7, 11) is 0. The molecule has 0 bridgehead atoms. The van der Waals surface area contributed by atoms with E-state index in [-0.39, 0.29) is 0 Å². The van der Waals surface area contributed by atoms with Gasteiger partial charge in [0, 0.05) is 27.7 Å². The van der Waals surface area contributed by atoms with Crippen LogP contribution in [0.25, 0.3) is 0 Å². The number of aliphatic hydroxyl groups is 3. The Bertz CT molecular complexity index is 669. The first-order valence-corrected chi connectivity index (χ1v) is 8.53. The number of hydrogen-bond acceptors (Lipinski definition) is 14. The predicted octanol–water partition coefficient (Wildman–Crippen LogP) is -1.71. The molecule has 0 radical (unpaired) electrons. The molecule has 0 amide bonds. The molecule has 15 heteroatoms. The molecule has 1 aliphatic heterocycles. The van der Waals surface area contributed by atoms with E-state index < -0.39 is 59.0 Å². The third kappa shape index (κ3) is 5.00. The lowest BCUT2D eigenvalue weighted by atomic mass is 9.91. The molecule has 1 fully saturated rings. The topological polar surface area (TPSA) is 194 Å². The van der Waals surface area contributed by atoms with Crippen molar-refractivity contribution in [3.8, 4) is 0 Å². The Morgan fingerprint density at radius 2 is 1.41 bits per heavy atom. The van der Waals surface area contributed by atoms with E-state index in [2.05, 4.69) is 25.7 Å². The van der Waals surface area contributed by atoms with Crippen LogP contribution in [-0.4, -0.2) is 74.3 Å². The fraction of sp³-hybridized carbons (Fsp3) is 0.714. The molecule has 1 saturated heterocycles. The molecule has 0 aromatic rings. The first kappa shape index (κ1) is 25.2. The molecule has 0 saturated carbocycles. The summed E-state index contributed by atoms with van der Waals surface area (Å²) in [6.07, 6.45) is -4.18. The fourth-order valence-electron chi connectivity index (χ4n) is 2.25. The van der Waals surface area contributed by atoms with Gasteiger partial charge in [0.15, 0.2) is 6.10 Å². The number of carbonyl (C=O) groups excluding carboxylic acids is 4. The summed E-state index contributed by atoms with van der Waals surface area (Å²) in [5.74, 6) is -11.6. The maximum atomic E-state index is 11.8. The third-order valence-corrected chi connectivity index (χ3v) is 4.07. The molecule has 0 unspecified atom stereocenters. The van der Waals surface area contributed by atoms with E-state index in [0.717, 1.165) is 27.7 Å². The number of aliphatic hydroxyl groups excluding tert-OH is 2. The van der Waals surface area contributed by atoms with Crippen molar-refractivity contribution < 1.29 is 68.3 Å². The van der Waals surface area contributed by atoms with Crippen molar-refractivity contribution >= 4 is 39.8 Å². The van der Waals surface area contributed by atoms with Crippen LogP contribution in [0, 0.1) is 0 Å². The lowest BCUT2D eigenvalue weighted by Crippen LogP contribution is -2.81. The molecule has 0 aliphatic carbocycles. The highest BCUT2D eigenvalue weighted by molar-refractivity contribution is 9.10. The van der Waals surface area contributed by atoms with Crippen molar-refractivity contribution in [3.05, 3.63) is 0 Å². The second-order valence-corrected chi connectivity index (χ2v) is 6.68. The Labute approximate surface area is 171 Å². The van der Waals surface area contributed by atoms with Gasteiger partial charge in [-0.25, -0.2) is 9.59 Å². The molecular weight excluding hydrogens is 472 g/mol. The van der Waals surface area contributed by atoms with Gasteiger partial charge in [0.25, 0.3) is 0 Å². The van der Waals surface area contributed by atoms with Crippen LogP contribution in [0.5, 0.6) is 0 Å². The van der Waals surface area contributed by atoms with Crippen LogP contribution in [0.1, 0.15) is 27.7 Å². The van der Waals surface area contributed by atoms with Crippen LogP contribution in [0.4, 0.5) is 0 Å². The van der Waals surface area contributed by atoms with Crippen LogP contribution in [0.15, 0.2) is 0 Å². The molecule has 0 aromatic heterocycles. The Hall–Kier alpha value is -1.88. The van der Waals surface area contributed by atoms with Gasteiger partial charge in [-0.15, -0.1) is 9.78 Å². The molecule has 3 N–H and O–H groups in total. The number of rotatable bonds is 7. The van der Waals surface area contributed by atoms with Gasteiger partial charge in [-0.05, 0) is 15.9 Å². The normalized spacial score (nSPS) is 34.1. The Morgan fingerprint density at radius 3 is 1.83 bits per heavy atom. The summed E-state index contributed by atoms with van der Waals surface area (Å²) in [6.45, 7) is 2.28. The molecule has 0 aromatic carbocycles. The second-order valence-electron chi connectivity index (χ2n) is 5.64. The van der Waals surface area contributed by atoms with Gasteiger partial charge in [-0.1, -0.05) is 0 Å². The Balaban J connectivity index is 3.77. The minimum Gasteiger partial charge on any atom is -0.423 e. The van der Waals surface area contributed by atoms with E-state index in [0.29, 0.717) is 0 Å². The van der Waals surface area contributed by atoms with Gasteiger partial charge < -0.3 is 29.5 Å². The van der Waals surface area contributed by atoms with E-state index in [9.17, 15) is 34.5 Å². The molecule has 0 spiro atoms. The van der Waals surface area contributed by atoms with Crippen molar-refractivity contribution in [2.45, 2.75) is 56.2 Å². The number of esters is 2. The molecule has 14 nitrogen and oxygen atoms in total. The highest BCUT2D eigenvalue weighted by Gasteiger charge is 2.82. The maximum absolute atomic E-state index is 11.8. The minimum atomic E-state index is -3.45. The monoisotopic (exact) mass is 490 g/mol. The Kier molecular flexibility index (Phi) is 8.06. The summed E-state index contributed by atoms with van der Waals surface area (Å²) in [5, 5.41) is 31.0. The van der Waals surface area contributed by atoms with Crippen molar-refractivity contribution in [1.82, 2.24) is 0 Å². The average Bonchev–Trinajstić information content (AvgIpc) is 2.58. The van der Waals surface area contributed by atoms with E-state index in [1.54, 1.807) is 0 Å². The van der Waals surface area contributed by atoms with Gasteiger partial charge in [0.2, 0.25) is 0 Å². The number of hydrogen-bond donors (Lipinski definition) is 3. The van der Waals surface area contributed by atoms with E-state index in [4.69, 9.17) is 24.0 Å². The Morgan fingerprint density at radius 1 is 0.931 bits per heavy atom. The number of alkyl halides is 1. The molecule has 29 heavy (non-hydrogen) atoms. The summed E-state index contributed by atoms with van der Waals surface area (Å²) < 4.78 is 11.8. The van der Waals surface area contributed by atoms with Crippen LogP contribution >= 0.6 is 15.9 Å². The van der Waals surface area contributed by atoms with E-state index >= 15 is 0 Å².